The molecule has 3 aromatic rings. The number of H-pyrrole nitrogens is 2. The van der Waals surface area contributed by atoms with Crippen LogP contribution in [0.25, 0.3) is 11.3 Å². The summed E-state index contributed by atoms with van der Waals surface area (Å²) in [7, 11) is 0. The second-order valence-corrected chi connectivity index (χ2v) is 5.48. The first-order chi connectivity index (χ1) is 11.7. The van der Waals surface area contributed by atoms with Gasteiger partial charge in [0, 0.05) is 16.7 Å². The first-order valence-corrected chi connectivity index (χ1v) is 7.46. The number of hydrogen-bond donors (Lipinski definition) is 2. The van der Waals surface area contributed by atoms with E-state index < -0.39 is 0 Å². The highest BCUT2D eigenvalue weighted by molar-refractivity contribution is 6.30. The molecule has 0 saturated heterocycles. The lowest BCUT2D eigenvalue weighted by molar-refractivity contribution is 0.174. The van der Waals surface area contributed by atoms with Gasteiger partial charge in [0.1, 0.15) is 0 Å². The van der Waals surface area contributed by atoms with Crippen LogP contribution in [0.1, 0.15) is 0 Å². The van der Waals surface area contributed by atoms with Crippen molar-refractivity contribution in [2.45, 2.75) is 0 Å². The molecule has 1 aromatic heterocycles. The monoisotopic (exact) mass is 342 g/mol. The summed E-state index contributed by atoms with van der Waals surface area (Å²) in [5, 5.41) is 14.1. The van der Waals surface area contributed by atoms with Gasteiger partial charge in [0.25, 0.3) is 5.56 Å². The number of ether oxygens (including phenoxy) is 2. The standard InChI is InChI=1S/C16H11ClN4O3/c17-10-3-1-9(2-4-10)14-15(16(22)21-19-14)20-18-11-5-6-12-13(7-11)24-8-23-12/h1-7H,8H2,(H2,19,21,22). The number of benzene rings is 2. The van der Waals surface area contributed by atoms with Crippen LogP contribution < -0.4 is 15.0 Å². The molecule has 0 atom stereocenters. The minimum atomic E-state index is -0.357. The summed E-state index contributed by atoms with van der Waals surface area (Å²) < 4.78 is 10.5. The zero-order valence-electron chi connectivity index (χ0n) is 12.2. The van der Waals surface area contributed by atoms with Crippen LogP contribution in [-0.4, -0.2) is 17.0 Å². The summed E-state index contributed by atoms with van der Waals surface area (Å²) in [5.74, 6) is 1.27. The Morgan fingerprint density at radius 3 is 2.58 bits per heavy atom. The zero-order chi connectivity index (χ0) is 16.5. The van der Waals surface area contributed by atoms with Crippen LogP contribution in [0.3, 0.4) is 0 Å². The van der Waals surface area contributed by atoms with Gasteiger partial charge in [0.05, 0.1) is 11.4 Å². The van der Waals surface area contributed by atoms with E-state index in [0.29, 0.717) is 27.9 Å². The van der Waals surface area contributed by atoms with Crippen LogP contribution in [0, 0.1) is 0 Å². The Labute approximate surface area is 140 Å². The molecule has 0 unspecified atom stereocenters. The average molecular weight is 343 g/mol. The van der Waals surface area contributed by atoms with E-state index in [0.717, 1.165) is 5.56 Å². The van der Waals surface area contributed by atoms with E-state index in [9.17, 15) is 4.79 Å². The van der Waals surface area contributed by atoms with E-state index >= 15 is 0 Å². The molecule has 8 heteroatoms. The van der Waals surface area contributed by atoms with E-state index in [1.54, 1.807) is 42.5 Å². The fraction of sp³-hybridized carbons (Fsp3) is 0.0625. The highest BCUT2D eigenvalue weighted by Crippen LogP contribution is 2.36. The van der Waals surface area contributed by atoms with Crippen molar-refractivity contribution in [3.05, 3.63) is 57.8 Å². The van der Waals surface area contributed by atoms with Crippen molar-refractivity contribution in [2.75, 3.05) is 6.79 Å². The molecular formula is C16H11ClN4O3. The molecule has 0 bridgehead atoms. The molecule has 0 radical (unpaired) electrons. The molecule has 4 rings (SSSR count). The minimum Gasteiger partial charge on any atom is -0.454 e. The third kappa shape index (κ3) is 2.65. The van der Waals surface area contributed by atoms with Gasteiger partial charge >= 0.3 is 0 Å². The summed E-state index contributed by atoms with van der Waals surface area (Å²) in [6, 6.07) is 12.2. The van der Waals surface area contributed by atoms with E-state index in [-0.39, 0.29) is 18.0 Å². The third-order valence-electron chi connectivity index (χ3n) is 3.51. The Morgan fingerprint density at radius 1 is 0.958 bits per heavy atom. The number of aromatic nitrogens is 2. The molecule has 2 N–H and O–H groups in total. The van der Waals surface area contributed by atoms with Gasteiger partial charge in [-0.1, -0.05) is 23.7 Å². The van der Waals surface area contributed by atoms with E-state index in [2.05, 4.69) is 20.4 Å². The van der Waals surface area contributed by atoms with E-state index in [1.807, 2.05) is 0 Å². The molecule has 2 aromatic carbocycles. The smallest absolute Gasteiger partial charge is 0.292 e. The largest absolute Gasteiger partial charge is 0.454 e. The van der Waals surface area contributed by atoms with Crippen molar-refractivity contribution in [1.82, 2.24) is 10.2 Å². The maximum atomic E-state index is 12.0. The summed E-state index contributed by atoms with van der Waals surface area (Å²) in [5.41, 5.74) is 1.71. The molecule has 0 amide bonds. The number of nitrogens with zero attached hydrogens (tertiary/aromatic N) is 2. The normalized spacial score (nSPS) is 12.9. The second kappa shape index (κ2) is 5.86. The van der Waals surface area contributed by atoms with Crippen LogP contribution in [0.5, 0.6) is 11.5 Å². The molecule has 120 valence electrons. The number of halogens is 1. The predicted octanol–water partition coefficient (Wildman–Crippen LogP) is 4.17. The molecule has 7 nitrogen and oxygen atoms in total. The van der Waals surface area contributed by atoms with Crippen molar-refractivity contribution in [3.8, 4) is 22.8 Å². The first-order valence-electron chi connectivity index (χ1n) is 7.09. The maximum Gasteiger partial charge on any atom is 0.292 e. The number of nitrogens with one attached hydrogen (secondary N) is 2. The lowest BCUT2D eigenvalue weighted by Crippen LogP contribution is -1.96. The maximum absolute atomic E-state index is 12.0. The second-order valence-electron chi connectivity index (χ2n) is 5.05. The lowest BCUT2D eigenvalue weighted by Gasteiger charge is -1.99. The molecule has 1 aliphatic rings. The molecular weight excluding hydrogens is 332 g/mol. The third-order valence-corrected chi connectivity index (χ3v) is 3.76. The highest BCUT2D eigenvalue weighted by Gasteiger charge is 2.14. The number of azo groups is 1. The predicted molar refractivity (Wildman–Crippen MR) is 88.6 cm³/mol. The number of aromatic amines is 2. The number of hydrogen-bond acceptors (Lipinski definition) is 5. The Morgan fingerprint density at radius 2 is 1.75 bits per heavy atom. The van der Waals surface area contributed by atoms with Gasteiger partial charge in [0.15, 0.2) is 17.2 Å². The summed E-state index contributed by atoms with van der Waals surface area (Å²) in [6.07, 6.45) is 0. The molecule has 0 aliphatic carbocycles. The van der Waals surface area contributed by atoms with Crippen LogP contribution in [0.2, 0.25) is 5.02 Å². The fourth-order valence-corrected chi connectivity index (χ4v) is 2.45. The van der Waals surface area contributed by atoms with Gasteiger partial charge < -0.3 is 9.47 Å². The zero-order valence-corrected chi connectivity index (χ0v) is 13.0. The van der Waals surface area contributed by atoms with Gasteiger partial charge in [-0.05, 0) is 24.3 Å². The van der Waals surface area contributed by atoms with Gasteiger partial charge in [0.2, 0.25) is 6.79 Å². The van der Waals surface area contributed by atoms with Crippen LogP contribution in [-0.2, 0) is 0 Å². The van der Waals surface area contributed by atoms with Crippen LogP contribution in [0.15, 0.2) is 57.5 Å². The number of rotatable bonds is 3. The Hall–Kier alpha value is -3.06. The molecule has 0 fully saturated rings. The highest BCUT2D eigenvalue weighted by atomic mass is 35.5. The van der Waals surface area contributed by atoms with Gasteiger partial charge in [-0.25, -0.2) is 0 Å². The van der Waals surface area contributed by atoms with Crippen molar-refractivity contribution in [3.63, 3.8) is 0 Å². The Balaban J connectivity index is 1.68. The van der Waals surface area contributed by atoms with E-state index in [4.69, 9.17) is 21.1 Å². The number of fused-ring (bicyclic) bond motifs is 1. The van der Waals surface area contributed by atoms with Gasteiger partial charge in [-0.15, -0.1) is 5.11 Å². The molecule has 1 aliphatic heterocycles. The van der Waals surface area contributed by atoms with Crippen LogP contribution in [0.4, 0.5) is 11.4 Å². The Bertz CT molecular complexity index is 976. The minimum absolute atomic E-state index is 0.189. The summed E-state index contributed by atoms with van der Waals surface area (Å²) >= 11 is 5.89. The average Bonchev–Trinajstić information content (AvgIpc) is 3.20. The first kappa shape index (κ1) is 14.5. The van der Waals surface area contributed by atoms with Crippen molar-refractivity contribution in [2.24, 2.45) is 10.2 Å². The molecule has 2 heterocycles. The van der Waals surface area contributed by atoms with Crippen molar-refractivity contribution < 1.29 is 9.47 Å². The van der Waals surface area contributed by atoms with Crippen LogP contribution >= 0.6 is 11.6 Å². The van der Waals surface area contributed by atoms with E-state index in [1.165, 1.54) is 0 Å². The Kier molecular flexibility index (Phi) is 3.55. The SMILES string of the molecule is O=c1[nH][nH]c(-c2ccc(Cl)cc2)c1N=Nc1ccc2c(c1)OCO2. The lowest BCUT2D eigenvalue weighted by atomic mass is 10.1. The molecule has 24 heavy (non-hydrogen) atoms. The van der Waals surface area contributed by atoms with Gasteiger partial charge in [-0.3, -0.25) is 15.0 Å². The van der Waals surface area contributed by atoms with Crippen molar-refractivity contribution >= 4 is 23.0 Å². The van der Waals surface area contributed by atoms with Gasteiger partial charge in [-0.2, -0.15) is 5.11 Å². The molecule has 0 saturated carbocycles. The quantitative estimate of drug-likeness (QED) is 0.700. The summed E-state index contributed by atoms with van der Waals surface area (Å²) in [4.78, 5) is 12.0. The molecule has 0 spiro atoms. The summed E-state index contributed by atoms with van der Waals surface area (Å²) in [6.45, 7) is 0.189. The van der Waals surface area contributed by atoms with Crippen molar-refractivity contribution in [1.29, 1.82) is 0 Å². The fourth-order valence-electron chi connectivity index (χ4n) is 2.33. The topological polar surface area (TPSA) is 91.8 Å².